The number of carbonyl (C=O) groups excluding carboxylic acids is 2. The van der Waals surface area contributed by atoms with Crippen LogP contribution in [0.3, 0.4) is 0 Å². The Bertz CT molecular complexity index is 958. The molecule has 0 aliphatic heterocycles. The fraction of sp³-hybridized carbons (Fsp3) is 0.545. The molecule has 0 fully saturated rings. The minimum Gasteiger partial charge on any atom is -0.396 e. The van der Waals surface area contributed by atoms with Gasteiger partial charge in [0.1, 0.15) is 11.9 Å². The normalized spacial score (nSPS) is 12.4. The highest BCUT2D eigenvalue weighted by Crippen LogP contribution is 2.23. The lowest BCUT2D eigenvalue weighted by atomic mass is 9.86. The number of aliphatic hydroxyl groups is 1. The van der Waals surface area contributed by atoms with Crippen molar-refractivity contribution in [1.29, 1.82) is 5.26 Å². The number of carbonyl (C=O) groups is 2. The molecule has 0 radical (unpaired) electrons. The molecule has 31 heavy (non-hydrogen) atoms. The highest BCUT2D eigenvalue weighted by Gasteiger charge is 2.34. The lowest BCUT2D eigenvalue weighted by Gasteiger charge is -2.30. The van der Waals surface area contributed by atoms with Gasteiger partial charge >= 0.3 is 0 Å². The summed E-state index contributed by atoms with van der Waals surface area (Å²) < 4.78 is 15.5. The molecule has 1 heterocycles. The second-order valence-corrected chi connectivity index (χ2v) is 8.49. The first-order valence-electron chi connectivity index (χ1n) is 10.4. The largest absolute Gasteiger partial charge is 0.396 e. The summed E-state index contributed by atoms with van der Waals surface area (Å²) in [5.41, 5.74) is 0.0790. The first-order valence-corrected chi connectivity index (χ1v) is 10.4. The van der Waals surface area contributed by atoms with E-state index in [1.165, 1.54) is 12.1 Å². The summed E-state index contributed by atoms with van der Waals surface area (Å²) in [6, 6.07) is 5.39. The van der Waals surface area contributed by atoms with Gasteiger partial charge in [-0.05, 0) is 42.9 Å². The molecule has 8 nitrogen and oxygen atoms in total. The lowest BCUT2D eigenvalue weighted by Crippen LogP contribution is -2.53. The number of fused-ring (bicyclic) bond motifs is 1. The third-order valence-electron chi connectivity index (χ3n) is 4.87. The lowest BCUT2D eigenvalue weighted by molar-refractivity contribution is -0.125. The highest BCUT2D eigenvalue weighted by molar-refractivity contribution is 6.06. The van der Waals surface area contributed by atoms with E-state index in [0.717, 1.165) is 0 Å². The van der Waals surface area contributed by atoms with Crippen LogP contribution in [0, 0.1) is 22.6 Å². The zero-order chi connectivity index (χ0) is 23.0. The fourth-order valence-corrected chi connectivity index (χ4v) is 3.22. The molecule has 1 aromatic carbocycles. The van der Waals surface area contributed by atoms with Crippen LogP contribution in [0.2, 0.25) is 0 Å². The summed E-state index contributed by atoms with van der Waals surface area (Å²) in [6.45, 7) is 6.22. The van der Waals surface area contributed by atoms with Crippen molar-refractivity contribution in [2.45, 2.75) is 59.0 Å². The number of benzene rings is 1. The van der Waals surface area contributed by atoms with Crippen molar-refractivity contribution in [2.24, 2.45) is 5.41 Å². The average Bonchev–Trinajstić information content (AvgIpc) is 3.06. The number of unbranched alkanes of at least 4 members (excludes halogenated alkanes) is 2. The van der Waals surface area contributed by atoms with Gasteiger partial charge in [-0.1, -0.05) is 20.8 Å². The SMILES string of the molecule is CC(C)(C)[C@H](NC(=O)c1nn(CCCCC#N)c2ccc(F)cc12)C(=O)NCCCO. The second kappa shape index (κ2) is 10.9. The molecule has 0 unspecified atom stereocenters. The molecule has 0 saturated carbocycles. The van der Waals surface area contributed by atoms with E-state index >= 15 is 0 Å². The molecule has 0 bridgehead atoms. The zero-order valence-electron chi connectivity index (χ0n) is 18.2. The summed E-state index contributed by atoms with van der Waals surface area (Å²) in [6.07, 6.45) is 2.23. The van der Waals surface area contributed by atoms with Crippen LogP contribution >= 0.6 is 0 Å². The summed E-state index contributed by atoms with van der Waals surface area (Å²) in [5.74, 6) is -1.41. The van der Waals surface area contributed by atoms with E-state index in [2.05, 4.69) is 21.8 Å². The number of nitrogens with one attached hydrogen (secondary N) is 2. The third-order valence-corrected chi connectivity index (χ3v) is 4.87. The molecule has 0 aliphatic rings. The van der Waals surface area contributed by atoms with E-state index in [1.54, 1.807) is 10.7 Å². The number of aryl methyl sites for hydroxylation is 1. The monoisotopic (exact) mass is 431 g/mol. The molecule has 2 amide bonds. The first kappa shape index (κ1) is 24.3. The number of hydrogen-bond donors (Lipinski definition) is 3. The predicted octanol–water partition coefficient (Wildman–Crippen LogP) is 2.51. The van der Waals surface area contributed by atoms with Gasteiger partial charge in [0.2, 0.25) is 5.91 Å². The molecule has 0 aliphatic carbocycles. The summed E-state index contributed by atoms with van der Waals surface area (Å²) in [7, 11) is 0. The Balaban J connectivity index is 2.29. The van der Waals surface area contributed by atoms with E-state index in [9.17, 15) is 14.0 Å². The molecule has 9 heteroatoms. The smallest absolute Gasteiger partial charge is 0.273 e. The molecular weight excluding hydrogens is 401 g/mol. The van der Waals surface area contributed by atoms with Gasteiger partial charge < -0.3 is 15.7 Å². The Hall–Kier alpha value is -2.99. The van der Waals surface area contributed by atoms with E-state index < -0.39 is 23.2 Å². The van der Waals surface area contributed by atoms with Crippen LogP contribution in [0.5, 0.6) is 0 Å². The van der Waals surface area contributed by atoms with Crippen LogP contribution in [0.4, 0.5) is 4.39 Å². The van der Waals surface area contributed by atoms with Crippen LogP contribution in [-0.2, 0) is 11.3 Å². The molecule has 0 saturated heterocycles. The number of amides is 2. The van der Waals surface area contributed by atoms with Gasteiger partial charge in [0.25, 0.3) is 5.91 Å². The molecule has 0 spiro atoms. The molecule has 168 valence electrons. The van der Waals surface area contributed by atoms with Crippen LogP contribution in [0.25, 0.3) is 10.9 Å². The van der Waals surface area contributed by atoms with Crippen molar-refractivity contribution < 1.29 is 19.1 Å². The maximum absolute atomic E-state index is 13.9. The summed E-state index contributed by atoms with van der Waals surface area (Å²) in [5, 5.41) is 27.8. The maximum Gasteiger partial charge on any atom is 0.273 e. The van der Waals surface area contributed by atoms with Crippen molar-refractivity contribution >= 4 is 22.7 Å². The Kier molecular flexibility index (Phi) is 8.51. The van der Waals surface area contributed by atoms with E-state index in [1.807, 2.05) is 20.8 Å². The van der Waals surface area contributed by atoms with Crippen molar-refractivity contribution in [3.63, 3.8) is 0 Å². The molecule has 2 aromatic rings. The van der Waals surface area contributed by atoms with Gasteiger partial charge in [-0.25, -0.2) is 4.39 Å². The standard InChI is InChI=1S/C22H30FN5O3/c1-22(2,3)19(21(31)25-11-7-13-29)26-20(30)18-16-14-15(23)8-9-17(16)28(27-18)12-6-4-5-10-24/h8-9,14,19,29H,4-7,11-13H2,1-3H3,(H,25,31)(H,26,30)/t19-/m1/s1. The Morgan fingerprint density at radius 1 is 1.29 bits per heavy atom. The summed E-state index contributed by atoms with van der Waals surface area (Å²) >= 11 is 0. The predicted molar refractivity (Wildman–Crippen MR) is 115 cm³/mol. The van der Waals surface area contributed by atoms with E-state index in [0.29, 0.717) is 49.7 Å². The first-order chi connectivity index (χ1) is 14.7. The average molecular weight is 432 g/mol. The number of aliphatic hydroxyl groups excluding tert-OH is 1. The number of hydrogen-bond acceptors (Lipinski definition) is 5. The molecule has 1 aromatic heterocycles. The molecule has 2 rings (SSSR count). The van der Waals surface area contributed by atoms with Gasteiger partial charge in [0, 0.05) is 31.5 Å². The number of halogens is 1. The van der Waals surface area contributed by atoms with Crippen molar-refractivity contribution in [2.75, 3.05) is 13.2 Å². The van der Waals surface area contributed by atoms with Gasteiger partial charge in [-0.3, -0.25) is 14.3 Å². The number of aromatic nitrogens is 2. The van der Waals surface area contributed by atoms with Gasteiger partial charge in [-0.2, -0.15) is 10.4 Å². The fourth-order valence-electron chi connectivity index (χ4n) is 3.22. The van der Waals surface area contributed by atoms with Crippen LogP contribution < -0.4 is 10.6 Å². The van der Waals surface area contributed by atoms with E-state index in [4.69, 9.17) is 10.4 Å². The Morgan fingerprint density at radius 3 is 2.68 bits per heavy atom. The van der Waals surface area contributed by atoms with Gasteiger partial charge in [0.15, 0.2) is 5.69 Å². The maximum atomic E-state index is 13.9. The number of nitriles is 1. The van der Waals surface area contributed by atoms with Gasteiger partial charge in [-0.15, -0.1) is 0 Å². The van der Waals surface area contributed by atoms with E-state index in [-0.39, 0.29) is 18.2 Å². The van der Waals surface area contributed by atoms with Gasteiger partial charge in [0.05, 0.1) is 11.6 Å². The number of rotatable bonds is 10. The quantitative estimate of drug-likeness (QED) is 0.499. The minimum atomic E-state index is -0.844. The zero-order valence-corrected chi connectivity index (χ0v) is 18.2. The molecule has 3 N–H and O–H groups in total. The minimum absolute atomic E-state index is 0.0455. The van der Waals surface area contributed by atoms with Crippen LogP contribution in [-0.4, -0.2) is 45.9 Å². The second-order valence-electron chi connectivity index (χ2n) is 8.49. The molecule has 1 atom stereocenters. The highest BCUT2D eigenvalue weighted by atomic mass is 19.1. The number of nitrogens with zero attached hydrogens (tertiary/aromatic N) is 3. The molecular formula is C22H30FN5O3. The Morgan fingerprint density at radius 2 is 2.03 bits per heavy atom. The van der Waals surface area contributed by atoms with Crippen molar-refractivity contribution in [1.82, 2.24) is 20.4 Å². The van der Waals surface area contributed by atoms with Crippen LogP contribution in [0.15, 0.2) is 18.2 Å². The Labute approximate surface area is 181 Å². The van der Waals surface area contributed by atoms with Crippen molar-refractivity contribution in [3.8, 4) is 6.07 Å². The topological polar surface area (TPSA) is 120 Å². The summed E-state index contributed by atoms with van der Waals surface area (Å²) in [4.78, 5) is 25.7. The van der Waals surface area contributed by atoms with Crippen molar-refractivity contribution in [3.05, 3.63) is 29.7 Å². The third kappa shape index (κ3) is 6.49. The van der Waals surface area contributed by atoms with Crippen LogP contribution in [0.1, 0.15) is 56.9 Å².